The molecule has 2 heterocycles. The number of aromatic nitrogens is 1. The van der Waals surface area contributed by atoms with E-state index in [0.29, 0.717) is 0 Å². The van der Waals surface area contributed by atoms with Crippen molar-refractivity contribution in [1.82, 2.24) is 10.3 Å². The number of hydrogen-bond acceptors (Lipinski definition) is 3. The lowest BCUT2D eigenvalue weighted by atomic mass is 9.85. The van der Waals surface area contributed by atoms with Gasteiger partial charge in [-0.1, -0.05) is 42.5 Å². The lowest BCUT2D eigenvalue weighted by molar-refractivity contribution is 0.648. The van der Waals surface area contributed by atoms with Crippen molar-refractivity contribution in [2.45, 2.75) is 32.1 Å². The number of hydrogen-bond donors (Lipinski definition) is 2. The largest absolute Gasteiger partial charge is 0.316 e. The number of nitrogens with one attached hydrogen (secondary N) is 2. The Morgan fingerprint density at radius 3 is 2.88 bits per heavy atom. The minimum Gasteiger partial charge on any atom is -0.316 e. The average molecular weight is 464 g/mol. The van der Waals surface area contributed by atoms with Gasteiger partial charge in [-0.05, 0) is 83.3 Å². The van der Waals surface area contributed by atoms with Crippen LogP contribution >= 0.6 is 33.9 Å². The van der Waals surface area contributed by atoms with Crippen molar-refractivity contribution in [3.05, 3.63) is 65.8 Å². The minimum absolute atomic E-state index is 0.0363. The van der Waals surface area contributed by atoms with Crippen LogP contribution in [0.3, 0.4) is 0 Å². The van der Waals surface area contributed by atoms with Crippen LogP contribution < -0.4 is 10.2 Å². The molecule has 0 fully saturated rings. The van der Waals surface area contributed by atoms with Crippen molar-refractivity contribution in [3.63, 3.8) is 0 Å². The molecular formula is C20H21IN2OS. The van der Waals surface area contributed by atoms with Gasteiger partial charge in [0, 0.05) is 9.49 Å². The molecule has 0 radical (unpaired) electrons. The zero-order valence-electron chi connectivity index (χ0n) is 14.2. The summed E-state index contributed by atoms with van der Waals surface area (Å²) in [6.07, 6.45) is 3.25. The van der Waals surface area contributed by atoms with Gasteiger partial charge in [0.15, 0.2) is 0 Å². The molecule has 1 atom stereocenters. The van der Waals surface area contributed by atoms with Gasteiger partial charge in [0.2, 0.25) is 0 Å². The zero-order chi connectivity index (χ0) is 17.4. The first kappa shape index (κ1) is 17.2. The molecule has 2 aromatic carbocycles. The van der Waals surface area contributed by atoms with Gasteiger partial charge in [-0.3, -0.25) is 4.79 Å². The molecule has 3 nitrogen and oxygen atoms in total. The molecule has 0 saturated heterocycles. The summed E-state index contributed by atoms with van der Waals surface area (Å²) in [4.78, 5) is 15.1. The van der Waals surface area contributed by atoms with Crippen LogP contribution in [0, 0.1) is 3.57 Å². The van der Waals surface area contributed by atoms with E-state index in [2.05, 4.69) is 70.1 Å². The van der Waals surface area contributed by atoms with Crippen LogP contribution in [-0.4, -0.2) is 18.1 Å². The minimum atomic E-state index is 0.0363. The van der Waals surface area contributed by atoms with Crippen molar-refractivity contribution in [3.8, 4) is 0 Å². The molecule has 3 aromatic rings. The molecule has 0 amide bonds. The molecule has 25 heavy (non-hydrogen) atoms. The summed E-state index contributed by atoms with van der Waals surface area (Å²) in [5, 5.41) is 3.57. The predicted molar refractivity (Wildman–Crippen MR) is 114 cm³/mol. The van der Waals surface area contributed by atoms with E-state index in [1.54, 1.807) is 0 Å². The fraction of sp³-hybridized carbons (Fsp3) is 0.350. The van der Waals surface area contributed by atoms with Crippen molar-refractivity contribution in [2.24, 2.45) is 0 Å². The summed E-state index contributed by atoms with van der Waals surface area (Å²) in [5.41, 5.74) is 6.52. The van der Waals surface area contributed by atoms with E-state index in [-0.39, 0.29) is 10.8 Å². The van der Waals surface area contributed by atoms with Crippen molar-refractivity contribution in [1.29, 1.82) is 0 Å². The molecule has 0 spiro atoms. The van der Waals surface area contributed by atoms with Crippen LogP contribution in [-0.2, 0) is 12.8 Å². The Hall–Kier alpha value is -1.18. The van der Waals surface area contributed by atoms with E-state index in [1.165, 1.54) is 33.6 Å². The maximum absolute atomic E-state index is 12.1. The molecule has 130 valence electrons. The Balaban J connectivity index is 1.99. The second kappa shape index (κ2) is 7.21. The highest BCUT2D eigenvalue weighted by Gasteiger charge is 2.22. The van der Waals surface area contributed by atoms with Crippen LogP contribution in [0.15, 0.2) is 35.1 Å². The zero-order valence-corrected chi connectivity index (χ0v) is 17.2. The molecule has 0 aliphatic carbocycles. The van der Waals surface area contributed by atoms with Crippen LogP contribution in [0.25, 0.3) is 10.2 Å². The van der Waals surface area contributed by atoms with E-state index in [1.807, 2.05) is 0 Å². The van der Waals surface area contributed by atoms with Crippen molar-refractivity contribution >= 4 is 44.1 Å². The third kappa shape index (κ3) is 3.29. The number of aryl methyl sites for hydroxylation is 1. The summed E-state index contributed by atoms with van der Waals surface area (Å²) in [6, 6.07) is 11.1. The number of thiazole rings is 1. The Morgan fingerprint density at radius 2 is 2.00 bits per heavy atom. The molecule has 5 heteroatoms. The van der Waals surface area contributed by atoms with E-state index in [4.69, 9.17) is 0 Å². The Bertz CT molecular complexity index is 975. The number of fused-ring (bicyclic) bond motifs is 4. The molecule has 0 unspecified atom stereocenters. The quantitative estimate of drug-likeness (QED) is 0.484. The molecule has 0 saturated carbocycles. The van der Waals surface area contributed by atoms with Crippen molar-refractivity contribution in [2.75, 3.05) is 13.1 Å². The van der Waals surface area contributed by atoms with Gasteiger partial charge < -0.3 is 10.3 Å². The number of aromatic amines is 1. The highest BCUT2D eigenvalue weighted by atomic mass is 127. The predicted octanol–water partition coefficient (Wildman–Crippen LogP) is 4.42. The lowest BCUT2D eigenvalue weighted by Crippen LogP contribution is -2.19. The van der Waals surface area contributed by atoms with Crippen LogP contribution in [0.5, 0.6) is 0 Å². The highest BCUT2D eigenvalue weighted by Crippen LogP contribution is 2.38. The topological polar surface area (TPSA) is 44.9 Å². The normalized spacial score (nSPS) is 18.4. The molecular weight excluding hydrogens is 443 g/mol. The van der Waals surface area contributed by atoms with Gasteiger partial charge in [-0.25, -0.2) is 0 Å². The van der Waals surface area contributed by atoms with E-state index >= 15 is 0 Å². The lowest BCUT2D eigenvalue weighted by Gasteiger charge is -2.21. The van der Waals surface area contributed by atoms with Crippen LogP contribution in [0.4, 0.5) is 0 Å². The fourth-order valence-electron chi connectivity index (χ4n) is 3.91. The maximum atomic E-state index is 12.1. The summed E-state index contributed by atoms with van der Waals surface area (Å²) in [7, 11) is 0. The standard InChI is InChI=1S/C20H21IN2OS/c1-12-15-7-3-2-5-13(15)6-4-9-22-10-8-14-11-16(21)18-19(17(12)14)25-20(24)23-18/h2-3,5,7,11-12,22H,4,6,8-10H2,1H3,(H,23,24)/t12-/m1/s1. The first-order valence-corrected chi connectivity index (χ1v) is 10.7. The van der Waals surface area contributed by atoms with Gasteiger partial charge in [0.25, 0.3) is 0 Å². The smallest absolute Gasteiger partial charge is 0.305 e. The summed E-state index contributed by atoms with van der Waals surface area (Å²) in [6.45, 7) is 4.32. The SMILES string of the molecule is C[C@@H]1c2ccccc2CCCNCCc2cc(I)c3[nH]c(=O)sc3c21. The van der Waals surface area contributed by atoms with Gasteiger partial charge in [0.05, 0.1) is 10.2 Å². The van der Waals surface area contributed by atoms with E-state index in [0.717, 1.165) is 46.1 Å². The molecule has 1 aliphatic heterocycles. The van der Waals surface area contributed by atoms with Crippen LogP contribution in [0.1, 0.15) is 41.5 Å². The van der Waals surface area contributed by atoms with E-state index in [9.17, 15) is 4.79 Å². The second-order valence-electron chi connectivity index (χ2n) is 6.67. The molecule has 4 rings (SSSR count). The van der Waals surface area contributed by atoms with E-state index < -0.39 is 0 Å². The monoisotopic (exact) mass is 464 g/mol. The average Bonchev–Trinajstić information content (AvgIpc) is 2.98. The second-order valence-corrected chi connectivity index (χ2v) is 8.82. The Kier molecular flexibility index (Phi) is 4.97. The summed E-state index contributed by atoms with van der Waals surface area (Å²) in [5.74, 6) is 0.287. The van der Waals surface area contributed by atoms with Gasteiger partial charge in [0.1, 0.15) is 0 Å². The highest BCUT2D eigenvalue weighted by molar-refractivity contribution is 14.1. The number of benzene rings is 2. The van der Waals surface area contributed by atoms with Gasteiger partial charge in [-0.2, -0.15) is 0 Å². The first-order valence-electron chi connectivity index (χ1n) is 8.77. The molecule has 2 N–H and O–H groups in total. The molecule has 1 aromatic heterocycles. The van der Waals surface area contributed by atoms with Gasteiger partial charge in [-0.15, -0.1) is 0 Å². The first-order chi connectivity index (χ1) is 12.1. The summed E-state index contributed by atoms with van der Waals surface area (Å²) < 4.78 is 2.27. The number of H-pyrrole nitrogens is 1. The number of rotatable bonds is 0. The fourth-order valence-corrected chi connectivity index (χ4v) is 5.89. The third-order valence-electron chi connectivity index (χ3n) is 5.10. The van der Waals surface area contributed by atoms with Crippen molar-refractivity contribution < 1.29 is 0 Å². The van der Waals surface area contributed by atoms with Gasteiger partial charge >= 0.3 is 4.87 Å². The molecule has 1 aliphatic rings. The maximum Gasteiger partial charge on any atom is 0.305 e. The number of halogens is 1. The Labute approximate surface area is 165 Å². The summed E-state index contributed by atoms with van der Waals surface area (Å²) >= 11 is 3.70. The van der Waals surface area contributed by atoms with Crippen LogP contribution in [0.2, 0.25) is 0 Å². The Morgan fingerprint density at radius 1 is 1.16 bits per heavy atom. The molecule has 0 bridgehead atoms. The third-order valence-corrected chi connectivity index (χ3v) is 6.87.